The monoisotopic (exact) mass is 456 g/mol. The molecule has 4 nitrogen and oxygen atoms in total. The number of aliphatic hydroxyl groups is 1. The third-order valence-corrected chi connectivity index (χ3v) is 5.14. The summed E-state index contributed by atoms with van der Waals surface area (Å²) >= 11 is 0. The van der Waals surface area contributed by atoms with Crippen LogP contribution in [0.25, 0.3) is 18.2 Å². The summed E-state index contributed by atoms with van der Waals surface area (Å²) in [4.78, 5) is 0. The molecule has 3 aromatic carbocycles. The zero-order valence-electron chi connectivity index (χ0n) is 19.8. The second-order valence-electron chi connectivity index (χ2n) is 7.66. The molecule has 0 aliphatic heterocycles. The van der Waals surface area contributed by atoms with Gasteiger partial charge in [-0.2, -0.15) is 0 Å². The Kier molecular flexibility index (Phi) is 9.71. The third kappa shape index (κ3) is 7.77. The van der Waals surface area contributed by atoms with E-state index in [2.05, 4.69) is 6.58 Å². The van der Waals surface area contributed by atoms with Crippen molar-refractivity contribution in [2.75, 3.05) is 13.2 Å². The molecule has 0 radical (unpaired) electrons. The molecular formula is C30H32O4. The molecule has 2 unspecified atom stereocenters. The van der Waals surface area contributed by atoms with E-state index in [1.54, 1.807) is 6.08 Å². The molecule has 0 saturated carbocycles. The van der Waals surface area contributed by atoms with E-state index in [4.69, 9.17) is 14.2 Å². The summed E-state index contributed by atoms with van der Waals surface area (Å²) in [5, 5.41) is 9.76. The summed E-state index contributed by atoms with van der Waals surface area (Å²) in [6, 6.07) is 23.5. The number of hydrogen-bond donors (Lipinski definition) is 1. The Balaban J connectivity index is 1.52. The number of allylic oxidation sites excluding steroid dienone is 2. The summed E-state index contributed by atoms with van der Waals surface area (Å²) in [7, 11) is 0. The first-order valence-corrected chi connectivity index (χ1v) is 11.4. The molecule has 34 heavy (non-hydrogen) atoms. The molecule has 0 bridgehead atoms. The van der Waals surface area contributed by atoms with Crippen LogP contribution in [0, 0.1) is 0 Å². The van der Waals surface area contributed by atoms with E-state index >= 15 is 0 Å². The molecule has 3 rings (SSSR count). The summed E-state index contributed by atoms with van der Waals surface area (Å²) in [6.45, 7) is 8.11. The van der Waals surface area contributed by atoms with Crippen molar-refractivity contribution < 1.29 is 19.3 Å². The largest absolute Gasteiger partial charge is 0.483 e. The van der Waals surface area contributed by atoms with Gasteiger partial charge in [-0.15, -0.1) is 0 Å². The van der Waals surface area contributed by atoms with Crippen LogP contribution in [-0.2, 0) is 4.74 Å². The van der Waals surface area contributed by atoms with E-state index in [-0.39, 0.29) is 12.9 Å². The molecule has 3 aromatic rings. The SMILES string of the molecule is C=Cc1ccc(C(CO)Oc2ccc(C=CC=Cc3ccc(OC(C)OCC)cc3)cc2)cc1. The van der Waals surface area contributed by atoms with Gasteiger partial charge >= 0.3 is 0 Å². The highest BCUT2D eigenvalue weighted by Crippen LogP contribution is 2.23. The van der Waals surface area contributed by atoms with Gasteiger partial charge < -0.3 is 19.3 Å². The van der Waals surface area contributed by atoms with E-state index in [1.807, 2.05) is 111 Å². The zero-order chi connectivity index (χ0) is 24.2. The lowest BCUT2D eigenvalue weighted by Gasteiger charge is -2.17. The van der Waals surface area contributed by atoms with Gasteiger partial charge in [0, 0.05) is 6.61 Å². The van der Waals surface area contributed by atoms with Crippen molar-refractivity contribution in [2.24, 2.45) is 0 Å². The Morgan fingerprint density at radius 3 is 1.74 bits per heavy atom. The van der Waals surface area contributed by atoms with Gasteiger partial charge in [-0.1, -0.05) is 85.5 Å². The maximum absolute atomic E-state index is 9.76. The van der Waals surface area contributed by atoms with Crippen molar-refractivity contribution in [1.29, 1.82) is 0 Å². The molecule has 4 heteroatoms. The van der Waals surface area contributed by atoms with Crippen molar-refractivity contribution in [2.45, 2.75) is 26.2 Å². The highest BCUT2D eigenvalue weighted by atomic mass is 16.7. The van der Waals surface area contributed by atoms with Gasteiger partial charge in [0.1, 0.15) is 17.6 Å². The average Bonchev–Trinajstić information content (AvgIpc) is 2.87. The van der Waals surface area contributed by atoms with Crippen LogP contribution in [0.1, 0.15) is 42.2 Å². The van der Waals surface area contributed by atoms with Crippen molar-refractivity contribution in [1.82, 2.24) is 0 Å². The first-order chi connectivity index (χ1) is 16.6. The lowest BCUT2D eigenvalue weighted by molar-refractivity contribution is -0.0613. The standard InChI is InChI=1S/C30H32O4/c1-4-24-10-16-27(17-11-24)30(22-31)34-29-20-14-26(15-21-29)9-7-6-8-25-12-18-28(19-13-25)33-23(3)32-5-2/h4,6-21,23,30-31H,1,5,22H2,2-3H3. The lowest BCUT2D eigenvalue weighted by Crippen LogP contribution is -2.15. The number of benzene rings is 3. The summed E-state index contributed by atoms with van der Waals surface area (Å²) in [5.41, 5.74) is 4.09. The van der Waals surface area contributed by atoms with Gasteiger partial charge in [0.15, 0.2) is 6.29 Å². The maximum atomic E-state index is 9.76. The smallest absolute Gasteiger partial charge is 0.196 e. The number of rotatable bonds is 12. The Morgan fingerprint density at radius 2 is 1.26 bits per heavy atom. The molecule has 0 amide bonds. The molecule has 0 heterocycles. The minimum absolute atomic E-state index is 0.0987. The maximum Gasteiger partial charge on any atom is 0.196 e. The molecule has 0 spiro atoms. The second kappa shape index (κ2) is 13.2. The number of hydrogen-bond acceptors (Lipinski definition) is 4. The first kappa shape index (κ1) is 25.0. The van der Waals surface area contributed by atoms with E-state index in [0.717, 1.165) is 28.0 Å². The summed E-state index contributed by atoms with van der Waals surface area (Å²) in [6.07, 6.45) is 9.17. The van der Waals surface area contributed by atoms with Crippen molar-refractivity contribution in [3.63, 3.8) is 0 Å². The predicted octanol–water partition coefficient (Wildman–Crippen LogP) is 6.93. The van der Waals surface area contributed by atoms with Crippen LogP contribution in [0.3, 0.4) is 0 Å². The van der Waals surface area contributed by atoms with Gasteiger partial charge in [-0.05, 0) is 60.4 Å². The summed E-state index contributed by atoms with van der Waals surface area (Å²) < 4.78 is 17.0. The fraction of sp³-hybridized carbons (Fsp3) is 0.200. The minimum Gasteiger partial charge on any atom is -0.483 e. The molecule has 176 valence electrons. The number of ether oxygens (including phenoxy) is 3. The Hall–Kier alpha value is -3.60. The van der Waals surface area contributed by atoms with Crippen LogP contribution in [0.15, 0.2) is 91.5 Å². The van der Waals surface area contributed by atoms with Crippen molar-refractivity contribution in [3.05, 3.63) is 114 Å². The Morgan fingerprint density at radius 1 is 0.765 bits per heavy atom. The van der Waals surface area contributed by atoms with Gasteiger partial charge in [0.2, 0.25) is 0 Å². The molecular weight excluding hydrogens is 424 g/mol. The van der Waals surface area contributed by atoms with Gasteiger partial charge in [-0.25, -0.2) is 0 Å². The average molecular weight is 457 g/mol. The molecule has 0 aliphatic carbocycles. The fourth-order valence-electron chi connectivity index (χ4n) is 3.33. The summed E-state index contributed by atoms with van der Waals surface area (Å²) in [5.74, 6) is 1.49. The molecule has 2 atom stereocenters. The fourth-order valence-corrected chi connectivity index (χ4v) is 3.33. The van der Waals surface area contributed by atoms with E-state index in [9.17, 15) is 5.11 Å². The van der Waals surface area contributed by atoms with Gasteiger partial charge in [0.05, 0.1) is 6.61 Å². The third-order valence-electron chi connectivity index (χ3n) is 5.14. The van der Waals surface area contributed by atoms with E-state index in [0.29, 0.717) is 12.4 Å². The van der Waals surface area contributed by atoms with Crippen LogP contribution in [0.4, 0.5) is 0 Å². The molecule has 0 aliphatic rings. The lowest BCUT2D eigenvalue weighted by atomic mass is 10.1. The molecule has 0 saturated heterocycles. The molecule has 0 fully saturated rings. The normalized spacial score (nSPS) is 13.1. The van der Waals surface area contributed by atoms with Crippen LogP contribution in [-0.4, -0.2) is 24.6 Å². The molecule has 1 N–H and O–H groups in total. The van der Waals surface area contributed by atoms with Gasteiger partial charge in [-0.3, -0.25) is 0 Å². The quantitative estimate of drug-likeness (QED) is 0.237. The highest BCUT2D eigenvalue weighted by Gasteiger charge is 2.12. The van der Waals surface area contributed by atoms with Crippen molar-refractivity contribution >= 4 is 18.2 Å². The van der Waals surface area contributed by atoms with Crippen molar-refractivity contribution in [3.8, 4) is 11.5 Å². The van der Waals surface area contributed by atoms with E-state index in [1.165, 1.54) is 0 Å². The van der Waals surface area contributed by atoms with Crippen LogP contribution in [0.2, 0.25) is 0 Å². The Labute approximate surface area is 202 Å². The minimum atomic E-state index is -0.414. The second-order valence-corrected chi connectivity index (χ2v) is 7.66. The molecule has 0 aromatic heterocycles. The van der Waals surface area contributed by atoms with E-state index < -0.39 is 6.10 Å². The topological polar surface area (TPSA) is 47.9 Å². The first-order valence-electron chi connectivity index (χ1n) is 11.4. The highest BCUT2D eigenvalue weighted by molar-refractivity contribution is 5.58. The number of aliphatic hydroxyl groups excluding tert-OH is 1. The van der Waals surface area contributed by atoms with Gasteiger partial charge in [0.25, 0.3) is 0 Å². The van der Waals surface area contributed by atoms with Crippen LogP contribution >= 0.6 is 0 Å². The van der Waals surface area contributed by atoms with Crippen LogP contribution < -0.4 is 9.47 Å². The Bertz CT molecular complexity index is 1060. The predicted molar refractivity (Wildman–Crippen MR) is 140 cm³/mol. The van der Waals surface area contributed by atoms with Crippen LogP contribution in [0.5, 0.6) is 11.5 Å². The zero-order valence-corrected chi connectivity index (χ0v) is 19.8.